The van der Waals surface area contributed by atoms with Gasteiger partial charge >= 0.3 is 0 Å². The lowest BCUT2D eigenvalue weighted by molar-refractivity contribution is 0.411. The smallest absolute Gasteiger partial charge is 0.137 e. The highest BCUT2D eigenvalue weighted by Gasteiger charge is 2.07. The van der Waals surface area contributed by atoms with Crippen molar-refractivity contribution in [2.24, 2.45) is 5.73 Å². The molecule has 0 fully saturated rings. The molecule has 1 atom stereocenters. The van der Waals surface area contributed by atoms with Crippen LogP contribution in [0.5, 0.6) is 5.75 Å². The van der Waals surface area contributed by atoms with Crippen molar-refractivity contribution in [2.45, 2.75) is 18.9 Å². The lowest BCUT2D eigenvalue weighted by Gasteiger charge is -2.12. The van der Waals surface area contributed by atoms with Gasteiger partial charge in [-0.25, -0.2) is 0 Å². The Hall–Kier alpha value is -1.94. The Balaban J connectivity index is 1.97. The number of aromatic nitrogens is 2. The molecule has 0 saturated heterocycles. The molecule has 1 unspecified atom stereocenters. The Bertz CT molecular complexity index is 487. The maximum Gasteiger partial charge on any atom is 0.137 e. The first-order valence-corrected chi connectivity index (χ1v) is 5.93. The van der Waals surface area contributed by atoms with Crippen LogP contribution in [0.4, 0.5) is 0 Å². The number of rotatable bonds is 5. The highest BCUT2D eigenvalue weighted by molar-refractivity contribution is 5.26. The van der Waals surface area contributed by atoms with Crippen LogP contribution >= 0.6 is 0 Å². The maximum absolute atomic E-state index is 6.16. The molecule has 94 valence electrons. The molecule has 4 heteroatoms. The summed E-state index contributed by atoms with van der Waals surface area (Å²) in [6.07, 6.45) is 8.88. The molecular formula is C14H17N3O. The third kappa shape index (κ3) is 3.28. The second kappa shape index (κ2) is 6.12. The lowest BCUT2D eigenvalue weighted by atomic mass is 10.0. The van der Waals surface area contributed by atoms with E-state index in [0.29, 0.717) is 0 Å². The van der Waals surface area contributed by atoms with Gasteiger partial charge in [0.05, 0.1) is 13.3 Å². The topological polar surface area (TPSA) is 61.0 Å². The highest BCUT2D eigenvalue weighted by atomic mass is 16.5. The molecule has 18 heavy (non-hydrogen) atoms. The Morgan fingerprint density at radius 2 is 2.00 bits per heavy atom. The fourth-order valence-corrected chi connectivity index (χ4v) is 1.79. The Kier molecular flexibility index (Phi) is 4.25. The maximum atomic E-state index is 6.16. The molecule has 0 aromatic carbocycles. The quantitative estimate of drug-likeness (QED) is 0.873. The minimum absolute atomic E-state index is 0.0271. The average molecular weight is 243 g/mol. The molecule has 0 aliphatic carbocycles. The van der Waals surface area contributed by atoms with Crippen molar-refractivity contribution in [1.82, 2.24) is 9.97 Å². The molecular weight excluding hydrogens is 226 g/mol. The Morgan fingerprint density at radius 1 is 1.22 bits per heavy atom. The number of aryl methyl sites for hydroxylation is 1. The molecule has 0 saturated carbocycles. The summed E-state index contributed by atoms with van der Waals surface area (Å²) in [5.41, 5.74) is 8.40. The van der Waals surface area contributed by atoms with Crippen LogP contribution in [0.15, 0.2) is 43.0 Å². The summed E-state index contributed by atoms with van der Waals surface area (Å²) in [4.78, 5) is 8.11. The van der Waals surface area contributed by atoms with Crippen molar-refractivity contribution in [3.05, 3.63) is 54.1 Å². The highest BCUT2D eigenvalue weighted by Crippen LogP contribution is 2.19. The van der Waals surface area contributed by atoms with E-state index in [1.165, 1.54) is 5.56 Å². The number of hydrogen-bond acceptors (Lipinski definition) is 4. The van der Waals surface area contributed by atoms with Crippen molar-refractivity contribution < 1.29 is 4.74 Å². The van der Waals surface area contributed by atoms with Gasteiger partial charge in [0.25, 0.3) is 0 Å². The summed E-state index contributed by atoms with van der Waals surface area (Å²) >= 11 is 0. The van der Waals surface area contributed by atoms with Gasteiger partial charge in [-0.15, -0.1) is 0 Å². The van der Waals surface area contributed by atoms with Crippen LogP contribution in [0, 0.1) is 0 Å². The van der Waals surface area contributed by atoms with Gasteiger partial charge < -0.3 is 10.5 Å². The summed E-state index contributed by atoms with van der Waals surface area (Å²) in [6, 6.07) is 5.93. The van der Waals surface area contributed by atoms with E-state index in [-0.39, 0.29) is 6.04 Å². The summed E-state index contributed by atoms with van der Waals surface area (Å²) < 4.78 is 5.14. The summed E-state index contributed by atoms with van der Waals surface area (Å²) in [5, 5.41) is 0. The zero-order chi connectivity index (χ0) is 12.8. The third-order valence-electron chi connectivity index (χ3n) is 2.89. The van der Waals surface area contributed by atoms with Gasteiger partial charge in [-0.1, -0.05) is 0 Å². The largest absolute Gasteiger partial charge is 0.495 e. The second-order valence-corrected chi connectivity index (χ2v) is 4.16. The number of methoxy groups -OCH3 is 1. The molecule has 0 aliphatic rings. The molecule has 4 nitrogen and oxygen atoms in total. The minimum atomic E-state index is -0.0271. The van der Waals surface area contributed by atoms with Crippen LogP contribution in [-0.2, 0) is 6.42 Å². The van der Waals surface area contributed by atoms with E-state index in [4.69, 9.17) is 10.5 Å². The van der Waals surface area contributed by atoms with E-state index in [9.17, 15) is 0 Å². The number of hydrogen-bond donors (Lipinski definition) is 1. The van der Waals surface area contributed by atoms with Gasteiger partial charge in [-0.3, -0.25) is 9.97 Å². The van der Waals surface area contributed by atoms with Crippen molar-refractivity contribution in [3.63, 3.8) is 0 Å². The number of pyridine rings is 2. The molecule has 2 aromatic rings. The Labute approximate surface area is 107 Å². The standard InChI is InChI=1S/C14H17N3O/c1-18-13-8-12(9-17-10-13)14(15)3-2-11-4-6-16-7-5-11/h4-10,14H,2-3,15H2,1H3. The van der Waals surface area contributed by atoms with E-state index in [1.54, 1.807) is 31.9 Å². The van der Waals surface area contributed by atoms with Crippen LogP contribution in [0.3, 0.4) is 0 Å². The first-order valence-electron chi connectivity index (χ1n) is 5.93. The molecule has 0 aliphatic heterocycles. The number of nitrogens with two attached hydrogens (primary N) is 1. The molecule has 2 heterocycles. The summed E-state index contributed by atoms with van der Waals surface area (Å²) in [5.74, 6) is 0.742. The molecule has 2 aromatic heterocycles. The zero-order valence-corrected chi connectivity index (χ0v) is 10.4. The van der Waals surface area contributed by atoms with Crippen LogP contribution in [0.1, 0.15) is 23.6 Å². The predicted molar refractivity (Wildman–Crippen MR) is 70.3 cm³/mol. The number of ether oxygens (including phenoxy) is 1. The van der Waals surface area contributed by atoms with E-state index in [1.807, 2.05) is 18.2 Å². The predicted octanol–water partition coefficient (Wildman–Crippen LogP) is 2.12. The normalized spacial score (nSPS) is 12.1. The molecule has 0 radical (unpaired) electrons. The fraction of sp³-hybridized carbons (Fsp3) is 0.286. The number of nitrogens with zero attached hydrogens (tertiary/aromatic N) is 2. The summed E-state index contributed by atoms with van der Waals surface area (Å²) in [6.45, 7) is 0. The van der Waals surface area contributed by atoms with Crippen LogP contribution < -0.4 is 10.5 Å². The van der Waals surface area contributed by atoms with Crippen molar-refractivity contribution in [1.29, 1.82) is 0 Å². The molecule has 0 spiro atoms. The van der Waals surface area contributed by atoms with E-state index in [2.05, 4.69) is 9.97 Å². The Morgan fingerprint density at radius 3 is 2.72 bits per heavy atom. The van der Waals surface area contributed by atoms with Gasteiger partial charge in [0.1, 0.15) is 5.75 Å². The molecule has 2 N–H and O–H groups in total. The molecule has 2 rings (SSSR count). The first-order chi connectivity index (χ1) is 8.79. The van der Waals surface area contributed by atoms with Crippen molar-refractivity contribution >= 4 is 0 Å². The van der Waals surface area contributed by atoms with E-state index in [0.717, 1.165) is 24.2 Å². The third-order valence-corrected chi connectivity index (χ3v) is 2.89. The minimum Gasteiger partial charge on any atom is -0.495 e. The molecule has 0 bridgehead atoms. The van der Waals surface area contributed by atoms with Gasteiger partial charge in [-0.05, 0) is 42.2 Å². The zero-order valence-electron chi connectivity index (χ0n) is 10.4. The average Bonchev–Trinajstić information content (AvgIpc) is 2.46. The van der Waals surface area contributed by atoms with Gasteiger partial charge in [0.15, 0.2) is 0 Å². The van der Waals surface area contributed by atoms with E-state index >= 15 is 0 Å². The van der Waals surface area contributed by atoms with Gasteiger partial charge in [0.2, 0.25) is 0 Å². The summed E-state index contributed by atoms with van der Waals surface area (Å²) in [7, 11) is 1.63. The van der Waals surface area contributed by atoms with Crippen molar-refractivity contribution in [2.75, 3.05) is 7.11 Å². The second-order valence-electron chi connectivity index (χ2n) is 4.16. The van der Waals surface area contributed by atoms with Crippen LogP contribution in [0.25, 0.3) is 0 Å². The lowest BCUT2D eigenvalue weighted by Crippen LogP contribution is -2.11. The van der Waals surface area contributed by atoms with Crippen molar-refractivity contribution in [3.8, 4) is 5.75 Å². The van der Waals surface area contributed by atoms with E-state index < -0.39 is 0 Å². The van der Waals surface area contributed by atoms with Crippen LogP contribution in [0.2, 0.25) is 0 Å². The fourth-order valence-electron chi connectivity index (χ4n) is 1.79. The van der Waals surface area contributed by atoms with Crippen LogP contribution in [-0.4, -0.2) is 17.1 Å². The monoisotopic (exact) mass is 243 g/mol. The first kappa shape index (κ1) is 12.5. The SMILES string of the molecule is COc1cncc(C(N)CCc2ccncc2)c1. The molecule has 0 amide bonds. The van der Waals surface area contributed by atoms with Gasteiger partial charge in [0, 0.05) is 24.6 Å². The van der Waals surface area contributed by atoms with Gasteiger partial charge in [-0.2, -0.15) is 0 Å².